The van der Waals surface area contributed by atoms with Crippen LogP contribution >= 0.6 is 11.6 Å². The fraction of sp³-hybridized carbons (Fsp3) is 0.600. The van der Waals surface area contributed by atoms with Gasteiger partial charge in [0.15, 0.2) is 5.60 Å². The standard InChI is InChI=1S/C20H28ClN3O3/c1-17(2)11-20(14(15(22)25)18(3,4)23-17)16(26)24(19(5,6)27-20)13-9-7-12(21)8-10-13/h7-10,14,23H,11H2,1-6H3,(H2,22,25). The number of nitrogens with zero attached hydrogens (tertiary/aromatic N) is 1. The van der Waals surface area contributed by atoms with Crippen LogP contribution in [0.15, 0.2) is 24.3 Å². The van der Waals surface area contributed by atoms with Crippen molar-refractivity contribution >= 4 is 29.1 Å². The molecular weight excluding hydrogens is 366 g/mol. The number of hydrogen-bond acceptors (Lipinski definition) is 4. The lowest BCUT2D eigenvalue weighted by atomic mass is 9.64. The molecule has 7 heteroatoms. The Kier molecular flexibility index (Phi) is 4.42. The highest BCUT2D eigenvalue weighted by Gasteiger charge is 2.69. The van der Waals surface area contributed by atoms with Gasteiger partial charge in [0.05, 0.1) is 5.92 Å². The molecule has 2 unspecified atom stereocenters. The molecule has 2 aliphatic heterocycles. The maximum Gasteiger partial charge on any atom is 0.262 e. The minimum atomic E-state index is -1.34. The van der Waals surface area contributed by atoms with Crippen LogP contribution in [0.2, 0.25) is 5.02 Å². The van der Waals surface area contributed by atoms with Crippen molar-refractivity contribution in [1.29, 1.82) is 0 Å². The molecule has 27 heavy (non-hydrogen) atoms. The second-order valence-corrected chi connectivity index (χ2v) is 9.73. The second kappa shape index (κ2) is 5.93. The van der Waals surface area contributed by atoms with Crippen molar-refractivity contribution in [2.45, 2.75) is 70.4 Å². The molecule has 0 bridgehead atoms. The third kappa shape index (κ3) is 3.13. The Morgan fingerprint density at radius 1 is 1.19 bits per heavy atom. The van der Waals surface area contributed by atoms with Crippen LogP contribution in [0.4, 0.5) is 5.69 Å². The number of primary amides is 1. The number of carbonyl (C=O) groups is 2. The molecule has 2 amide bonds. The summed E-state index contributed by atoms with van der Waals surface area (Å²) in [6.07, 6.45) is 0.337. The van der Waals surface area contributed by atoms with Crippen molar-refractivity contribution in [3.05, 3.63) is 29.3 Å². The van der Waals surface area contributed by atoms with Crippen LogP contribution in [0.3, 0.4) is 0 Å². The van der Waals surface area contributed by atoms with E-state index in [1.165, 1.54) is 0 Å². The van der Waals surface area contributed by atoms with Gasteiger partial charge in [-0.3, -0.25) is 14.5 Å². The lowest BCUT2D eigenvalue weighted by Gasteiger charge is -2.54. The first-order chi connectivity index (χ1) is 12.2. The van der Waals surface area contributed by atoms with E-state index in [0.29, 0.717) is 17.1 Å². The molecule has 148 valence electrons. The number of nitrogens with one attached hydrogen (secondary N) is 1. The van der Waals surface area contributed by atoms with Crippen LogP contribution in [-0.2, 0) is 14.3 Å². The van der Waals surface area contributed by atoms with Gasteiger partial charge in [-0.2, -0.15) is 0 Å². The van der Waals surface area contributed by atoms with Gasteiger partial charge in [0.1, 0.15) is 5.72 Å². The number of hydrogen-bond donors (Lipinski definition) is 2. The highest BCUT2D eigenvalue weighted by Crippen LogP contribution is 2.51. The number of halogens is 1. The predicted molar refractivity (Wildman–Crippen MR) is 105 cm³/mol. The van der Waals surface area contributed by atoms with E-state index in [0.717, 1.165) is 0 Å². The first-order valence-electron chi connectivity index (χ1n) is 9.11. The molecule has 3 N–H and O–H groups in total. The zero-order chi connectivity index (χ0) is 20.4. The Labute approximate surface area is 165 Å². The first-order valence-corrected chi connectivity index (χ1v) is 9.49. The van der Waals surface area contributed by atoms with Gasteiger partial charge in [-0.25, -0.2) is 0 Å². The summed E-state index contributed by atoms with van der Waals surface area (Å²) in [6.45, 7) is 11.4. The Hall–Kier alpha value is -1.63. The maximum absolute atomic E-state index is 13.8. The highest BCUT2D eigenvalue weighted by molar-refractivity contribution is 6.30. The Balaban J connectivity index is 2.17. The van der Waals surface area contributed by atoms with Gasteiger partial charge in [-0.1, -0.05) is 11.6 Å². The number of benzene rings is 1. The normalized spacial score (nSPS) is 31.3. The van der Waals surface area contributed by atoms with Crippen molar-refractivity contribution in [2.24, 2.45) is 11.7 Å². The largest absolute Gasteiger partial charge is 0.369 e. The van der Waals surface area contributed by atoms with E-state index in [1.807, 2.05) is 41.5 Å². The van der Waals surface area contributed by atoms with Crippen molar-refractivity contribution in [3.8, 4) is 0 Å². The molecule has 1 spiro atoms. The topological polar surface area (TPSA) is 84.7 Å². The highest BCUT2D eigenvalue weighted by atomic mass is 35.5. The monoisotopic (exact) mass is 393 g/mol. The predicted octanol–water partition coefficient (Wildman–Crippen LogP) is 2.83. The molecule has 0 radical (unpaired) electrons. The average Bonchev–Trinajstić information content (AvgIpc) is 2.62. The Bertz CT molecular complexity index is 788. The smallest absolute Gasteiger partial charge is 0.262 e. The number of carbonyl (C=O) groups excluding carboxylic acids is 2. The molecule has 3 rings (SSSR count). The van der Waals surface area contributed by atoms with Gasteiger partial charge in [-0.15, -0.1) is 0 Å². The summed E-state index contributed by atoms with van der Waals surface area (Å²) in [4.78, 5) is 27.9. The Morgan fingerprint density at radius 2 is 1.74 bits per heavy atom. The molecule has 2 aliphatic rings. The molecule has 0 aliphatic carbocycles. The number of amides is 2. The van der Waals surface area contributed by atoms with Gasteiger partial charge < -0.3 is 15.8 Å². The third-order valence-corrected chi connectivity index (χ3v) is 5.71. The van der Waals surface area contributed by atoms with Gasteiger partial charge in [0, 0.05) is 28.2 Å². The van der Waals surface area contributed by atoms with Crippen LogP contribution < -0.4 is 16.0 Å². The molecule has 2 fully saturated rings. The van der Waals surface area contributed by atoms with Crippen molar-refractivity contribution < 1.29 is 14.3 Å². The van der Waals surface area contributed by atoms with Gasteiger partial charge in [0.2, 0.25) is 5.91 Å². The van der Waals surface area contributed by atoms with E-state index in [-0.39, 0.29) is 5.91 Å². The maximum atomic E-state index is 13.8. The van der Waals surface area contributed by atoms with Gasteiger partial charge >= 0.3 is 0 Å². The lowest BCUT2D eigenvalue weighted by molar-refractivity contribution is -0.181. The molecule has 2 saturated heterocycles. The summed E-state index contributed by atoms with van der Waals surface area (Å²) in [6, 6.07) is 7.02. The fourth-order valence-electron chi connectivity index (χ4n) is 5.20. The summed E-state index contributed by atoms with van der Waals surface area (Å²) in [5.74, 6) is -1.62. The van der Waals surface area contributed by atoms with Crippen LogP contribution in [0.25, 0.3) is 0 Å². The molecule has 1 aromatic rings. The number of anilines is 1. The molecule has 6 nitrogen and oxygen atoms in total. The molecule has 2 heterocycles. The zero-order valence-corrected chi connectivity index (χ0v) is 17.5. The van der Waals surface area contributed by atoms with Gasteiger partial charge in [0.25, 0.3) is 5.91 Å². The Morgan fingerprint density at radius 3 is 2.26 bits per heavy atom. The zero-order valence-electron chi connectivity index (χ0n) is 16.7. The van der Waals surface area contributed by atoms with Crippen LogP contribution in [-0.4, -0.2) is 34.2 Å². The summed E-state index contributed by atoms with van der Waals surface area (Å²) in [5, 5.41) is 4.04. The summed E-state index contributed by atoms with van der Waals surface area (Å²) < 4.78 is 6.43. The summed E-state index contributed by atoms with van der Waals surface area (Å²) >= 11 is 6.00. The minimum Gasteiger partial charge on any atom is -0.369 e. The van der Waals surface area contributed by atoms with E-state index in [1.54, 1.807) is 29.2 Å². The van der Waals surface area contributed by atoms with Crippen LogP contribution in [0.1, 0.15) is 48.0 Å². The van der Waals surface area contributed by atoms with E-state index in [9.17, 15) is 9.59 Å². The molecule has 0 aromatic heterocycles. The minimum absolute atomic E-state index is 0.249. The quantitative estimate of drug-likeness (QED) is 0.809. The molecule has 1 aromatic carbocycles. The van der Waals surface area contributed by atoms with Crippen LogP contribution in [0.5, 0.6) is 0 Å². The molecule has 0 saturated carbocycles. The van der Waals surface area contributed by atoms with E-state index in [4.69, 9.17) is 22.1 Å². The van der Waals surface area contributed by atoms with Crippen LogP contribution in [0, 0.1) is 5.92 Å². The number of nitrogens with two attached hydrogens (primary N) is 1. The van der Waals surface area contributed by atoms with Crippen molar-refractivity contribution in [2.75, 3.05) is 4.90 Å². The van der Waals surface area contributed by atoms with Crippen molar-refractivity contribution in [1.82, 2.24) is 5.32 Å². The summed E-state index contributed by atoms with van der Waals surface area (Å²) in [5.41, 5.74) is 3.05. The second-order valence-electron chi connectivity index (χ2n) is 9.30. The first kappa shape index (κ1) is 20.1. The SMILES string of the molecule is CC1(C)CC2(OC(C)(C)N(c3ccc(Cl)cc3)C2=O)C(C(N)=O)C(C)(C)N1. The van der Waals surface area contributed by atoms with Crippen molar-refractivity contribution in [3.63, 3.8) is 0 Å². The van der Waals surface area contributed by atoms with E-state index < -0.39 is 34.2 Å². The van der Waals surface area contributed by atoms with Gasteiger partial charge in [-0.05, 0) is 65.8 Å². The number of piperidine rings is 1. The van der Waals surface area contributed by atoms with E-state index in [2.05, 4.69) is 5.32 Å². The molecular formula is C20H28ClN3O3. The van der Waals surface area contributed by atoms with E-state index >= 15 is 0 Å². The lowest BCUT2D eigenvalue weighted by Crippen LogP contribution is -2.74. The fourth-order valence-corrected chi connectivity index (χ4v) is 5.32. The molecule has 2 atom stereocenters. The number of ether oxygens (including phenoxy) is 1. The third-order valence-electron chi connectivity index (χ3n) is 5.46. The average molecular weight is 394 g/mol. The number of rotatable bonds is 2. The summed E-state index contributed by atoms with van der Waals surface area (Å²) in [7, 11) is 0.